The van der Waals surface area contributed by atoms with Crippen LogP contribution in [-0.4, -0.2) is 119 Å². The fraction of sp³-hybridized carbons (Fsp3) is 0.533. The van der Waals surface area contributed by atoms with Crippen LogP contribution in [0.2, 0.25) is 5.02 Å². The van der Waals surface area contributed by atoms with Crippen LogP contribution < -0.4 is 0 Å². The van der Waals surface area contributed by atoms with Gasteiger partial charge in [-0.2, -0.15) is 4.31 Å². The van der Waals surface area contributed by atoms with Crippen LogP contribution in [-0.2, 0) is 37.3 Å². The number of morpholine rings is 1. The number of rotatable bonds is 5. The number of benzene rings is 1. The number of oxazole rings is 1. The van der Waals surface area contributed by atoms with Crippen LogP contribution in [0.25, 0.3) is 10.9 Å². The highest BCUT2D eigenvalue weighted by Gasteiger charge is 2.41. The van der Waals surface area contributed by atoms with E-state index in [1.807, 2.05) is 0 Å². The highest BCUT2D eigenvalue weighted by Crippen LogP contribution is 2.28. The minimum Gasteiger partial charge on any atom is -0.444 e. The standard InChI is InChI=1S/C30H37ClN6O8S/c1-30(2,3)45-29(40)35-7-6-23-24(18-35)44-27(33-23)28(39)37-9-8-36(17-21(37)16-26(38)34-10-12-43-13-11-34)46(41,42)25-15-19-14-20(31)4-5-22(19)32-25/h4-5,14-15,21,32H,6-13,16-18H2,1-3H3. The van der Waals surface area contributed by atoms with Gasteiger partial charge >= 0.3 is 12.0 Å². The second-order valence-electron chi connectivity index (χ2n) is 12.6. The lowest BCUT2D eigenvalue weighted by atomic mass is 10.1. The van der Waals surface area contributed by atoms with Crippen molar-refractivity contribution >= 4 is 50.4 Å². The van der Waals surface area contributed by atoms with Gasteiger partial charge in [0.25, 0.3) is 15.9 Å². The van der Waals surface area contributed by atoms with Gasteiger partial charge in [-0.25, -0.2) is 18.2 Å². The zero-order valence-electron chi connectivity index (χ0n) is 26.0. The van der Waals surface area contributed by atoms with Gasteiger partial charge in [-0.05, 0) is 45.0 Å². The number of piperazine rings is 1. The predicted molar refractivity (Wildman–Crippen MR) is 166 cm³/mol. The number of hydrogen-bond donors (Lipinski definition) is 1. The number of hydrogen-bond acceptors (Lipinski definition) is 9. The summed E-state index contributed by atoms with van der Waals surface area (Å²) in [5, 5.41) is 1.13. The summed E-state index contributed by atoms with van der Waals surface area (Å²) in [5.74, 6) is -0.522. The van der Waals surface area contributed by atoms with Crippen molar-refractivity contribution in [2.75, 3.05) is 52.5 Å². The molecule has 5 heterocycles. The van der Waals surface area contributed by atoms with E-state index in [0.717, 1.165) is 0 Å². The van der Waals surface area contributed by atoms with E-state index in [-0.39, 0.29) is 49.4 Å². The molecule has 0 spiro atoms. The molecule has 3 amide bonds. The molecule has 16 heteroatoms. The first-order chi connectivity index (χ1) is 21.8. The van der Waals surface area contributed by atoms with Crippen LogP contribution in [0.1, 0.15) is 49.3 Å². The summed E-state index contributed by atoms with van der Waals surface area (Å²) in [5.41, 5.74) is 0.531. The number of carbonyl (C=O) groups is 3. The predicted octanol–water partition coefficient (Wildman–Crippen LogP) is 2.87. The molecule has 0 saturated carbocycles. The Morgan fingerprint density at radius 1 is 1.07 bits per heavy atom. The average molecular weight is 677 g/mol. The Bertz CT molecular complexity index is 1760. The van der Waals surface area contributed by atoms with Crippen molar-refractivity contribution in [2.45, 2.75) is 56.8 Å². The highest BCUT2D eigenvalue weighted by molar-refractivity contribution is 7.89. The highest BCUT2D eigenvalue weighted by atomic mass is 35.5. The number of carbonyl (C=O) groups excluding carboxylic acids is 3. The van der Waals surface area contributed by atoms with Crippen LogP contribution in [0, 0.1) is 0 Å². The number of nitrogens with one attached hydrogen (secondary N) is 1. The average Bonchev–Trinajstić information content (AvgIpc) is 3.64. The van der Waals surface area contributed by atoms with Crippen molar-refractivity contribution in [3.05, 3.63) is 46.6 Å². The van der Waals surface area contributed by atoms with E-state index >= 15 is 0 Å². The summed E-state index contributed by atoms with van der Waals surface area (Å²) in [6, 6.07) is 5.80. The number of aromatic amines is 1. The summed E-state index contributed by atoms with van der Waals surface area (Å²) < 4.78 is 45.6. The van der Waals surface area contributed by atoms with Crippen molar-refractivity contribution in [2.24, 2.45) is 0 Å². The third-order valence-electron chi connectivity index (χ3n) is 8.22. The maximum Gasteiger partial charge on any atom is 0.410 e. The first-order valence-corrected chi connectivity index (χ1v) is 17.0. The number of aromatic nitrogens is 2. The number of amides is 3. The molecule has 2 aromatic heterocycles. The molecule has 2 fully saturated rings. The number of sulfonamides is 1. The van der Waals surface area contributed by atoms with Gasteiger partial charge in [-0.3, -0.25) is 9.59 Å². The lowest BCUT2D eigenvalue weighted by Crippen LogP contribution is -2.58. The molecule has 3 aromatic rings. The Kier molecular flexibility index (Phi) is 8.78. The van der Waals surface area contributed by atoms with Gasteiger partial charge in [0.05, 0.1) is 31.5 Å². The Hall–Kier alpha value is -3.66. The van der Waals surface area contributed by atoms with E-state index in [4.69, 9.17) is 25.5 Å². The van der Waals surface area contributed by atoms with Crippen LogP contribution in [0.3, 0.4) is 0 Å². The first-order valence-electron chi connectivity index (χ1n) is 15.2. The van der Waals surface area contributed by atoms with Crippen molar-refractivity contribution in [1.82, 2.24) is 29.0 Å². The molecule has 14 nitrogen and oxygen atoms in total. The third kappa shape index (κ3) is 6.73. The molecule has 6 rings (SSSR count). The largest absolute Gasteiger partial charge is 0.444 e. The number of fused-ring (bicyclic) bond motifs is 2. The minimum absolute atomic E-state index is 0.000710. The van der Waals surface area contributed by atoms with Crippen molar-refractivity contribution in [3.8, 4) is 0 Å². The molecule has 1 aromatic carbocycles. The van der Waals surface area contributed by atoms with Crippen LogP contribution in [0.4, 0.5) is 4.79 Å². The topological polar surface area (TPSA) is 159 Å². The van der Waals surface area contributed by atoms with E-state index in [2.05, 4.69) is 9.97 Å². The van der Waals surface area contributed by atoms with E-state index in [1.54, 1.807) is 43.9 Å². The zero-order valence-corrected chi connectivity index (χ0v) is 27.5. The van der Waals surface area contributed by atoms with Crippen molar-refractivity contribution < 1.29 is 36.7 Å². The summed E-state index contributed by atoms with van der Waals surface area (Å²) in [6.07, 6.45) is -0.196. The zero-order chi connectivity index (χ0) is 32.8. The molecule has 1 atom stereocenters. The van der Waals surface area contributed by atoms with Gasteiger partial charge in [-0.1, -0.05) is 11.6 Å². The minimum atomic E-state index is -4.01. The molecule has 3 aliphatic rings. The number of nitrogens with zero attached hydrogens (tertiary/aromatic N) is 5. The summed E-state index contributed by atoms with van der Waals surface area (Å²) in [4.78, 5) is 51.9. The number of H-pyrrole nitrogens is 1. The fourth-order valence-electron chi connectivity index (χ4n) is 5.88. The Balaban J connectivity index is 1.23. The third-order valence-corrected chi connectivity index (χ3v) is 10.2. The molecule has 0 aliphatic carbocycles. The second-order valence-corrected chi connectivity index (χ2v) is 15.0. The molecule has 1 unspecified atom stereocenters. The second kappa shape index (κ2) is 12.5. The Morgan fingerprint density at radius 3 is 2.57 bits per heavy atom. The van der Waals surface area contributed by atoms with Crippen LogP contribution in [0.15, 0.2) is 33.7 Å². The van der Waals surface area contributed by atoms with E-state index in [1.165, 1.54) is 20.2 Å². The SMILES string of the molecule is CC(C)(C)OC(=O)N1CCc2nc(C(=O)N3CCN(S(=O)(=O)c4cc5cc(Cl)ccc5[nH]4)CC3CC(=O)N3CCOCC3)oc2C1. The summed E-state index contributed by atoms with van der Waals surface area (Å²) in [7, 11) is -4.01. The molecule has 1 N–H and O–H groups in total. The Morgan fingerprint density at radius 2 is 1.83 bits per heavy atom. The van der Waals surface area contributed by atoms with E-state index in [9.17, 15) is 22.8 Å². The number of halogens is 1. The van der Waals surface area contributed by atoms with Crippen molar-refractivity contribution in [1.29, 1.82) is 0 Å². The smallest absolute Gasteiger partial charge is 0.410 e. The molecule has 0 radical (unpaired) electrons. The monoisotopic (exact) mass is 676 g/mol. The lowest BCUT2D eigenvalue weighted by Gasteiger charge is -2.40. The van der Waals surface area contributed by atoms with Crippen LogP contribution in [0.5, 0.6) is 0 Å². The lowest BCUT2D eigenvalue weighted by molar-refractivity contribution is -0.136. The number of ether oxygens (including phenoxy) is 2. The van der Waals surface area contributed by atoms with Gasteiger partial charge in [0.2, 0.25) is 5.91 Å². The Labute approximate surface area is 271 Å². The molecular weight excluding hydrogens is 640 g/mol. The van der Waals surface area contributed by atoms with Gasteiger partial charge in [-0.15, -0.1) is 0 Å². The quantitative estimate of drug-likeness (QED) is 0.429. The molecule has 2 saturated heterocycles. The summed E-state index contributed by atoms with van der Waals surface area (Å²) >= 11 is 6.11. The maximum absolute atomic E-state index is 13.9. The van der Waals surface area contributed by atoms with Gasteiger partial charge < -0.3 is 33.6 Å². The molecule has 3 aliphatic heterocycles. The van der Waals surface area contributed by atoms with E-state index < -0.39 is 33.7 Å². The van der Waals surface area contributed by atoms with Gasteiger partial charge in [0.1, 0.15) is 16.4 Å². The van der Waals surface area contributed by atoms with Gasteiger partial charge in [0.15, 0.2) is 0 Å². The molecule has 248 valence electrons. The molecule has 0 bridgehead atoms. The first kappa shape index (κ1) is 32.3. The van der Waals surface area contributed by atoms with Gasteiger partial charge in [0, 0.05) is 68.0 Å². The molecular formula is C30H37ClN6O8S. The van der Waals surface area contributed by atoms with Crippen LogP contribution >= 0.6 is 11.6 Å². The van der Waals surface area contributed by atoms with Crippen molar-refractivity contribution in [3.63, 3.8) is 0 Å². The maximum atomic E-state index is 13.9. The molecule has 46 heavy (non-hydrogen) atoms. The normalized spacial score (nSPS) is 19.7. The van der Waals surface area contributed by atoms with E-state index in [0.29, 0.717) is 66.6 Å². The fourth-order valence-corrected chi connectivity index (χ4v) is 7.54. The summed E-state index contributed by atoms with van der Waals surface area (Å²) in [6.45, 7) is 7.37.